The zero-order valence-corrected chi connectivity index (χ0v) is 23.4. The maximum absolute atomic E-state index is 4.35. The van der Waals surface area contributed by atoms with Gasteiger partial charge in [-0.15, -0.1) is 51.7 Å². The van der Waals surface area contributed by atoms with E-state index in [1.165, 1.54) is 77.0 Å². The molecule has 0 rings (SSSR count). The molecule has 0 heterocycles. The molecule has 0 aromatic rings. The maximum atomic E-state index is 4.35. The van der Waals surface area contributed by atoms with Crippen LogP contribution in [0.25, 0.3) is 16.0 Å². The third-order valence-electron chi connectivity index (χ3n) is 4.02. The van der Waals surface area contributed by atoms with Gasteiger partial charge in [0.1, 0.15) is 0 Å². The summed E-state index contributed by atoms with van der Waals surface area (Å²) in [6.45, 7) is 19.7. The molecule has 0 saturated carbocycles. The van der Waals surface area contributed by atoms with E-state index < -0.39 is 0 Å². The van der Waals surface area contributed by atoms with Gasteiger partial charge in [-0.1, -0.05) is 119 Å². The van der Waals surface area contributed by atoms with Gasteiger partial charge in [0.05, 0.1) is 0 Å². The Morgan fingerprint density at radius 3 is 0.586 bits per heavy atom. The molecule has 29 heavy (non-hydrogen) atoms. The van der Waals surface area contributed by atoms with E-state index in [0.717, 1.165) is 39.3 Å². The van der Waals surface area contributed by atoms with Crippen molar-refractivity contribution in [1.82, 2.24) is 0 Å². The average molecular weight is 469 g/mol. The number of nitrogens with zero attached hydrogens (tertiary/aromatic N) is 3. The van der Waals surface area contributed by atoms with E-state index in [2.05, 4.69) is 57.5 Å². The molecular formula is C24H55ClN3Ti. The molecule has 0 saturated heterocycles. The first-order chi connectivity index (χ1) is 13.2. The summed E-state index contributed by atoms with van der Waals surface area (Å²) >= 11 is 0. The molecule has 0 fully saturated rings. The van der Waals surface area contributed by atoms with Crippen LogP contribution in [-0.4, -0.2) is 39.3 Å². The van der Waals surface area contributed by atoms with Crippen LogP contribution in [0.2, 0.25) is 0 Å². The number of rotatable bonds is 18. The van der Waals surface area contributed by atoms with Crippen LogP contribution in [0.15, 0.2) is 0 Å². The normalized spacial score (nSPS) is 9.31. The Bertz CT molecular complexity index is 159. The van der Waals surface area contributed by atoms with E-state index in [4.69, 9.17) is 0 Å². The standard InChI is InChI=1S/3C8H18N.ClH.Ti/c3*1-3-5-7-9-8-6-4-2;;/h3*3-8H2,1-2H3;1H;/q3*-1;;+3. The van der Waals surface area contributed by atoms with Crippen LogP contribution in [0.5, 0.6) is 0 Å². The van der Waals surface area contributed by atoms with Crippen LogP contribution in [0, 0.1) is 0 Å². The van der Waals surface area contributed by atoms with Crippen molar-refractivity contribution in [2.45, 2.75) is 119 Å². The van der Waals surface area contributed by atoms with Crippen molar-refractivity contribution in [3.63, 3.8) is 0 Å². The van der Waals surface area contributed by atoms with Crippen molar-refractivity contribution in [1.29, 1.82) is 0 Å². The number of unbranched alkanes of at least 4 members (excludes halogenated alkanes) is 6. The van der Waals surface area contributed by atoms with Crippen molar-refractivity contribution in [3.8, 4) is 0 Å². The van der Waals surface area contributed by atoms with Crippen molar-refractivity contribution in [2.75, 3.05) is 39.3 Å². The van der Waals surface area contributed by atoms with Gasteiger partial charge in [0.25, 0.3) is 0 Å². The molecule has 0 spiro atoms. The van der Waals surface area contributed by atoms with Crippen LogP contribution in [0.4, 0.5) is 0 Å². The van der Waals surface area contributed by atoms with Gasteiger partial charge in [-0.2, -0.15) is 0 Å². The van der Waals surface area contributed by atoms with Crippen LogP contribution in [-0.2, 0) is 21.7 Å². The molecule has 0 N–H and O–H groups in total. The van der Waals surface area contributed by atoms with E-state index in [0.29, 0.717) is 0 Å². The first-order valence-corrected chi connectivity index (χ1v) is 12.1. The topological polar surface area (TPSA) is 42.3 Å². The summed E-state index contributed by atoms with van der Waals surface area (Å²) in [5, 5.41) is 13.1. The Morgan fingerprint density at radius 2 is 0.483 bits per heavy atom. The molecule has 5 heteroatoms. The summed E-state index contributed by atoms with van der Waals surface area (Å²) in [6, 6.07) is 0. The number of halogens is 1. The minimum atomic E-state index is 0. The summed E-state index contributed by atoms with van der Waals surface area (Å²) in [5.74, 6) is 0. The molecule has 3 nitrogen and oxygen atoms in total. The summed E-state index contributed by atoms with van der Waals surface area (Å²) in [4.78, 5) is 0. The van der Waals surface area contributed by atoms with Gasteiger partial charge in [-0.3, -0.25) is 0 Å². The summed E-state index contributed by atoms with van der Waals surface area (Å²) in [5.41, 5.74) is 0. The molecule has 0 atom stereocenters. The second-order valence-electron chi connectivity index (χ2n) is 7.13. The molecule has 0 aliphatic carbocycles. The smallest absolute Gasteiger partial charge is 0.662 e. The van der Waals surface area contributed by atoms with Crippen LogP contribution in [0.3, 0.4) is 0 Å². The van der Waals surface area contributed by atoms with E-state index in [-0.39, 0.29) is 34.1 Å². The van der Waals surface area contributed by atoms with E-state index in [1.54, 1.807) is 0 Å². The molecule has 0 amide bonds. The van der Waals surface area contributed by atoms with Gasteiger partial charge in [0, 0.05) is 0 Å². The minimum absolute atomic E-state index is 0. The van der Waals surface area contributed by atoms with Crippen molar-refractivity contribution in [2.24, 2.45) is 0 Å². The SMILES string of the molecule is CCCC[N-]CCCC.CCCC[N-]CCCC.CCCC[N-]CCCC.Cl.[Ti+3]. The number of hydrogen-bond donors (Lipinski definition) is 0. The number of hydrogen-bond acceptors (Lipinski definition) is 0. The summed E-state index contributed by atoms with van der Waals surface area (Å²) < 4.78 is 0. The Kier molecular flexibility index (Phi) is 65.1. The van der Waals surface area contributed by atoms with Crippen molar-refractivity contribution >= 4 is 12.4 Å². The third kappa shape index (κ3) is 58.5. The molecular weight excluding hydrogens is 414 g/mol. The van der Waals surface area contributed by atoms with Crippen molar-refractivity contribution in [3.05, 3.63) is 16.0 Å². The Hall–Kier alpha value is 0.884. The monoisotopic (exact) mass is 468 g/mol. The molecule has 0 aromatic heterocycles. The Morgan fingerprint density at radius 1 is 0.345 bits per heavy atom. The molecule has 177 valence electrons. The van der Waals surface area contributed by atoms with Gasteiger partial charge in [0.2, 0.25) is 0 Å². The van der Waals surface area contributed by atoms with Gasteiger partial charge in [0.15, 0.2) is 0 Å². The molecule has 0 bridgehead atoms. The van der Waals surface area contributed by atoms with Crippen LogP contribution in [0.1, 0.15) is 119 Å². The average Bonchev–Trinajstić information content (AvgIpc) is 2.69. The second kappa shape index (κ2) is 46.9. The summed E-state index contributed by atoms with van der Waals surface area (Å²) in [7, 11) is 0. The zero-order chi connectivity index (χ0) is 20.8. The van der Waals surface area contributed by atoms with E-state index >= 15 is 0 Å². The van der Waals surface area contributed by atoms with Gasteiger partial charge in [-0.05, 0) is 0 Å². The molecule has 0 aromatic carbocycles. The fraction of sp³-hybridized carbons (Fsp3) is 1.00. The summed E-state index contributed by atoms with van der Waals surface area (Å²) in [6.07, 6.45) is 15.2. The second-order valence-corrected chi connectivity index (χ2v) is 7.13. The zero-order valence-electron chi connectivity index (χ0n) is 21.0. The minimum Gasteiger partial charge on any atom is -0.662 e. The largest absolute Gasteiger partial charge is 3.00 e. The predicted octanol–water partition coefficient (Wildman–Crippen LogP) is 9.30. The maximum Gasteiger partial charge on any atom is 3.00 e. The molecule has 0 unspecified atom stereocenters. The Labute approximate surface area is 207 Å². The Balaban J connectivity index is -0.0000000960. The van der Waals surface area contributed by atoms with Gasteiger partial charge < -0.3 is 16.0 Å². The first kappa shape index (κ1) is 40.3. The van der Waals surface area contributed by atoms with Gasteiger partial charge >= 0.3 is 21.7 Å². The third-order valence-corrected chi connectivity index (χ3v) is 4.02. The van der Waals surface area contributed by atoms with E-state index in [1.807, 2.05) is 0 Å². The van der Waals surface area contributed by atoms with Crippen LogP contribution < -0.4 is 0 Å². The quantitative estimate of drug-likeness (QED) is 0.142. The fourth-order valence-electron chi connectivity index (χ4n) is 1.95. The van der Waals surface area contributed by atoms with Gasteiger partial charge in [-0.25, -0.2) is 0 Å². The molecule has 1 radical (unpaired) electrons. The van der Waals surface area contributed by atoms with Crippen molar-refractivity contribution < 1.29 is 21.7 Å². The molecule has 0 aliphatic rings. The predicted molar refractivity (Wildman–Crippen MR) is 136 cm³/mol. The molecule has 0 aliphatic heterocycles. The first-order valence-electron chi connectivity index (χ1n) is 12.1. The van der Waals surface area contributed by atoms with E-state index in [9.17, 15) is 0 Å². The van der Waals surface area contributed by atoms with Crippen LogP contribution >= 0.6 is 12.4 Å². The fourth-order valence-corrected chi connectivity index (χ4v) is 1.95.